The second-order valence-electron chi connectivity index (χ2n) is 6.74. The summed E-state index contributed by atoms with van der Waals surface area (Å²) in [6.07, 6.45) is 0. The molecule has 2 aromatic heterocycles. The van der Waals surface area contributed by atoms with Crippen LogP contribution in [0.5, 0.6) is 0 Å². The predicted molar refractivity (Wildman–Crippen MR) is 121 cm³/mol. The number of rotatable bonds is 1. The molecule has 0 N–H and O–H groups in total. The fourth-order valence-electron chi connectivity index (χ4n) is 4.13. The van der Waals surface area contributed by atoms with E-state index in [0.29, 0.717) is 0 Å². The van der Waals surface area contributed by atoms with Crippen molar-refractivity contribution in [1.29, 1.82) is 0 Å². The fourth-order valence-corrected chi connectivity index (χ4v) is 5.95. The van der Waals surface area contributed by atoms with E-state index < -0.39 is 0 Å². The first-order chi connectivity index (χ1) is 13.3. The summed E-state index contributed by atoms with van der Waals surface area (Å²) >= 11 is 5.59. The number of nitrogens with zero attached hydrogens (tertiary/aromatic N) is 1. The summed E-state index contributed by atoms with van der Waals surface area (Å²) in [6, 6.07) is 30.5. The van der Waals surface area contributed by atoms with Gasteiger partial charge in [-0.05, 0) is 40.2 Å². The summed E-state index contributed by atoms with van der Waals surface area (Å²) in [5.74, 6) is 0. The first kappa shape index (κ1) is 15.4. The van der Waals surface area contributed by atoms with Gasteiger partial charge in [0.25, 0.3) is 0 Å². The lowest BCUT2D eigenvalue weighted by Gasteiger charge is -2.09. The highest BCUT2D eigenvalue weighted by Crippen LogP contribution is 2.42. The summed E-state index contributed by atoms with van der Waals surface area (Å²) in [4.78, 5) is 0. The van der Waals surface area contributed by atoms with E-state index in [1.54, 1.807) is 0 Å². The van der Waals surface area contributed by atoms with Gasteiger partial charge in [0.05, 0.1) is 21.4 Å². The molecule has 6 rings (SSSR count). The van der Waals surface area contributed by atoms with Crippen molar-refractivity contribution in [3.05, 3.63) is 89.4 Å². The number of aromatic nitrogens is 1. The van der Waals surface area contributed by atoms with Crippen LogP contribution in [0.1, 0.15) is 0 Å². The van der Waals surface area contributed by atoms with Gasteiger partial charge in [0.1, 0.15) is 0 Å². The molecule has 2 heterocycles. The van der Waals surface area contributed by atoms with Crippen LogP contribution in [0.2, 0.25) is 0 Å². The summed E-state index contributed by atoms with van der Waals surface area (Å²) in [6.45, 7) is 0. The minimum atomic E-state index is 1.16. The first-order valence-electron chi connectivity index (χ1n) is 8.91. The highest BCUT2D eigenvalue weighted by Gasteiger charge is 2.16. The van der Waals surface area contributed by atoms with Gasteiger partial charge in [-0.1, -0.05) is 60.7 Å². The van der Waals surface area contributed by atoms with E-state index in [-0.39, 0.29) is 0 Å². The van der Waals surface area contributed by atoms with Gasteiger partial charge >= 0.3 is 0 Å². The van der Waals surface area contributed by atoms with E-state index >= 15 is 0 Å². The summed E-state index contributed by atoms with van der Waals surface area (Å²) in [7, 11) is 0. The average Bonchev–Trinajstić information content (AvgIpc) is 3.25. The van der Waals surface area contributed by atoms with Gasteiger partial charge in [-0.25, -0.2) is 0 Å². The molecule has 0 fully saturated rings. The molecule has 4 aromatic carbocycles. The van der Waals surface area contributed by atoms with Crippen LogP contribution in [-0.4, -0.2) is 4.57 Å². The zero-order valence-corrected chi connectivity index (χ0v) is 16.7. The van der Waals surface area contributed by atoms with Gasteiger partial charge in [0, 0.05) is 30.7 Å². The second kappa shape index (κ2) is 5.69. The molecular formula is C24H14BrNS. The molecule has 0 radical (unpaired) electrons. The van der Waals surface area contributed by atoms with E-state index in [0.717, 1.165) is 4.47 Å². The average molecular weight is 428 g/mol. The van der Waals surface area contributed by atoms with E-state index in [9.17, 15) is 0 Å². The number of hydrogen-bond donors (Lipinski definition) is 0. The molecule has 0 saturated carbocycles. The molecule has 0 aliphatic carbocycles. The molecule has 3 heteroatoms. The van der Waals surface area contributed by atoms with Crippen LogP contribution in [0, 0.1) is 0 Å². The minimum Gasteiger partial charge on any atom is -0.308 e. The molecule has 1 nitrogen and oxygen atoms in total. The molecule has 0 saturated heterocycles. The summed E-state index contributed by atoms with van der Waals surface area (Å²) in [5, 5.41) is 5.22. The molecular weight excluding hydrogens is 414 g/mol. The standard InChI is InChI=1S/C24H14BrNS/c25-19-11-5-9-17-18-10-6-14-22(24(18)27-23(17)19)26-20-12-3-1-7-15(20)16-8-2-4-13-21(16)26/h1-14H. The van der Waals surface area contributed by atoms with Crippen molar-refractivity contribution in [2.75, 3.05) is 0 Å². The Bertz CT molecular complexity index is 1440. The molecule has 6 aromatic rings. The van der Waals surface area contributed by atoms with Crippen molar-refractivity contribution in [3.8, 4) is 5.69 Å². The lowest BCUT2D eigenvalue weighted by atomic mass is 10.1. The largest absolute Gasteiger partial charge is 0.308 e. The molecule has 0 amide bonds. The van der Waals surface area contributed by atoms with Crippen LogP contribution in [0.4, 0.5) is 0 Å². The SMILES string of the molecule is Brc1cccc2c1sc1c(-n3c4ccccc4c4ccccc43)cccc12. The Kier molecular flexibility index (Phi) is 3.25. The Balaban J connectivity index is 1.84. The van der Waals surface area contributed by atoms with Crippen molar-refractivity contribution >= 4 is 69.2 Å². The topological polar surface area (TPSA) is 4.93 Å². The van der Waals surface area contributed by atoms with Gasteiger partial charge in [-0.2, -0.15) is 0 Å². The maximum Gasteiger partial charge on any atom is 0.0640 e. The number of thiophene rings is 1. The lowest BCUT2D eigenvalue weighted by Crippen LogP contribution is -1.93. The lowest BCUT2D eigenvalue weighted by molar-refractivity contribution is 1.20. The van der Waals surface area contributed by atoms with Crippen LogP contribution >= 0.6 is 27.3 Å². The highest BCUT2D eigenvalue weighted by molar-refractivity contribution is 9.10. The predicted octanol–water partition coefficient (Wildman–Crippen LogP) is 7.91. The van der Waals surface area contributed by atoms with Gasteiger partial charge in [0.2, 0.25) is 0 Å². The van der Waals surface area contributed by atoms with Crippen LogP contribution in [0.25, 0.3) is 47.7 Å². The minimum absolute atomic E-state index is 1.16. The Hall–Kier alpha value is -2.62. The normalized spacial score (nSPS) is 11.9. The zero-order valence-electron chi connectivity index (χ0n) is 14.3. The van der Waals surface area contributed by atoms with Crippen molar-refractivity contribution in [3.63, 3.8) is 0 Å². The molecule has 27 heavy (non-hydrogen) atoms. The van der Waals surface area contributed by atoms with Crippen LogP contribution in [0.15, 0.2) is 89.4 Å². The number of para-hydroxylation sites is 2. The third-order valence-corrected chi connectivity index (χ3v) is 7.48. The first-order valence-corrected chi connectivity index (χ1v) is 10.5. The fraction of sp³-hybridized carbons (Fsp3) is 0. The molecule has 0 bridgehead atoms. The van der Waals surface area contributed by atoms with E-state index in [4.69, 9.17) is 0 Å². The molecule has 0 aliphatic heterocycles. The number of benzene rings is 4. The van der Waals surface area contributed by atoms with E-state index in [1.165, 1.54) is 47.7 Å². The third-order valence-electron chi connectivity index (χ3n) is 5.28. The van der Waals surface area contributed by atoms with Crippen molar-refractivity contribution in [1.82, 2.24) is 4.57 Å². The molecule has 0 unspecified atom stereocenters. The van der Waals surface area contributed by atoms with Gasteiger partial charge < -0.3 is 4.57 Å². The quantitative estimate of drug-likeness (QED) is 0.251. The Morgan fingerprint density at radius 2 is 1.11 bits per heavy atom. The molecule has 0 atom stereocenters. The second-order valence-corrected chi connectivity index (χ2v) is 8.62. The highest BCUT2D eigenvalue weighted by atomic mass is 79.9. The third kappa shape index (κ3) is 2.10. The van der Waals surface area contributed by atoms with Crippen LogP contribution in [-0.2, 0) is 0 Å². The molecule has 128 valence electrons. The van der Waals surface area contributed by atoms with E-state index in [2.05, 4.69) is 105 Å². The van der Waals surface area contributed by atoms with E-state index in [1.807, 2.05) is 11.3 Å². The van der Waals surface area contributed by atoms with Gasteiger partial charge in [-0.3, -0.25) is 0 Å². The van der Waals surface area contributed by atoms with Crippen molar-refractivity contribution in [2.45, 2.75) is 0 Å². The van der Waals surface area contributed by atoms with Crippen molar-refractivity contribution in [2.24, 2.45) is 0 Å². The van der Waals surface area contributed by atoms with Gasteiger partial charge in [-0.15, -0.1) is 11.3 Å². The monoisotopic (exact) mass is 427 g/mol. The summed E-state index contributed by atoms with van der Waals surface area (Å²) in [5.41, 5.74) is 3.75. The Morgan fingerprint density at radius 1 is 0.556 bits per heavy atom. The van der Waals surface area contributed by atoms with Crippen molar-refractivity contribution < 1.29 is 0 Å². The number of hydrogen-bond acceptors (Lipinski definition) is 1. The molecule has 0 spiro atoms. The summed E-state index contributed by atoms with van der Waals surface area (Å²) < 4.78 is 6.21. The number of fused-ring (bicyclic) bond motifs is 6. The molecule has 0 aliphatic rings. The smallest absolute Gasteiger partial charge is 0.0640 e. The zero-order chi connectivity index (χ0) is 18.0. The number of halogens is 1. The Labute approximate surface area is 168 Å². The Morgan fingerprint density at radius 3 is 1.81 bits per heavy atom. The van der Waals surface area contributed by atoms with Crippen LogP contribution in [0.3, 0.4) is 0 Å². The van der Waals surface area contributed by atoms with Gasteiger partial charge in [0.15, 0.2) is 0 Å². The maximum atomic E-state index is 3.73. The van der Waals surface area contributed by atoms with Crippen LogP contribution < -0.4 is 0 Å². The maximum absolute atomic E-state index is 3.73.